The number of amides is 2. The second-order valence-corrected chi connectivity index (χ2v) is 12.5. The third-order valence-corrected chi connectivity index (χ3v) is 8.80. The van der Waals surface area contributed by atoms with Crippen LogP contribution in [0.2, 0.25) is 0 Å². The van der Waals surface area contributed by atoms with Crippen molar-refractivity contribution in [3.05, 3.63) is 83.6 Å². The first-order valence-electron chi connectivity index (χ1n) is 16.1. The molecule has 0 unspecified atom stereocenters. The summed E-state index contributed by atoms with van der Waals surface area (Å²) < 4.78 is 0. The average Bonchev–Trinajstić information content (AvgIpc) is 3.87. The minimum atomic E-state index is -0.231. The van der Waals surface area contributed by atoms with E-state index in [0.717, 1.165) is 57.7 Å². The summed E-state index contributed by atoms with van der Waals surface area (Å²) in [6, 6.07) is 13.4. The van der Waals surface area contributed by atoms with Crippen molar-refractivity contribution in [3.8, 4) is 23.1 Å². The highest BCUT2D eigenvalue weighted by molar-refractivity contribution is 5.85. The van der Waals surface area contributed by atoms with Gasteiger partial charge in [-0.15, -0.1) is 0 Å². The predicted octanol–water partition coefficient (Wildman–Crippen LogP) is 5.58. The van der Waals surface area contributed by atoms with Crippen molar-refractivity contribution in [2.24, 2.45) is 0 Å². The molecule has 0 saturated carbocycles. The van der Waals surface area contributed by atoms with Gasteiger partial charge in [0.15, 0.2) is 0 Å². The number of likely N-dealkylation sites (tertiary alicyclic amines) is 2. The van der Waals surface area contributed by atoms with Crippen LogP contribution in [0.4, 0.5) is 0 Å². The lowest BCUT2D eigenvalue weighted by molar-refractivity contribution is -0.134. The summed E-state index contributed by atoms with van der Waals surface area (Å²) in [4.78, 5) is 68.0. The number of H-pyrrole nitrogens is 2. The minimum Gasteiger partial charge on any atom is -0.340 e. The Labute approximate surface area is 273 Å². The third-order valence-electron chi connectivity index (χ3n) is 8.80. The van der Waals surface area contributed by atoms with Gasteiger partial charge in [-0.3, -0.25) is 9.59 Å². The number of fused-ring (bicyclic) bond motifs is 1. The second-order valence-electron chi connectivity index (χ2n) is 12.5. The predicted molar refractivity (Wildman–Crippen MR) is 178 cm³/mol. The van der Waals surface area contributed by atoms with Gasteiger partial charge in [-0.05, 0) is 69.0 Å². The first-order valence-corrected chi connectivity index (χ1v) is 16.1. The molecular weight excluding hydrogens is 592 g/mol. The highest BCUT2D eigenvalue weighted by Gasteiger charge is 2.34. The van der Waals surface area contributed by atoms with Crippen molar-refractivity contribution in [1.29, 1.82) is 0 Å². The van der Waals surface area contributed by atoms with Crippen LogP contribution in [0.1, 0.15) is 93.7 Å². The zero-order valence-electron chi connectivity index (χ0n) is 26.8. The number of carbonyl (C=O) groups excluding carboxylic acids is 4. The van der Waals surface area contributed by atoms with Crippen LogP contribution < -0.4 is 0 Å². The van der Waals surface area contributed by atoms with E-state index in [1.807, 2.05) is 47.4 Å². The number of aromatic nitrogens is 4. The number of hydrogen-bond donors (Lipinski definition) is 2. The van der Waals surface area contributed by atoms with E-state index < -0.39 is 0 Å². The number of aromatic amines is 2. The summed E-state index contributed by atoms with van der Waals surface area (Å²) in [6.45, 7) is 8.25. The van der Waals surface area contributed by atoms with Gasteiger partial charge in [0.2, 0.25) is 11.8 Å². The van der Waals surface area contributed by atoms with Gasteiger partial charge in [0, 0.05) is 49.9 Å². The standard InChI is InChI=1S/C37H38N6O4/c1-23-19-33(43(22-23)35(47)17-7-25(3)45)37-39-29-15-12-27(20-30(29)40-37)9-8-26-10-13-28(14-11-26)31-21-38-36(41-31)32-5-4-18-42(32)34(46)16-6-24(2)44/h10-15,20-21,32-33H,1,4-7,16-19,22H2,2-3H3,(H,38,41)(H,39,40)/t32-,33-/m0/s1. The van der Waals surface area contributed by atoms with Crippen LogP contribution in [0.3, 0.4) is 0 Å². The van der Waals surface area contributed by atoms with Gasteiger partial charge in [-0.25, -0.2) is 9.97 Å². The van der Waals surface area contributed by atoms with Gasteiger partial charge >= 0.3 is 0 Å². The third kappa shape index (κ3) is 7.25. The molecule has 0 aliphatic carbocycles. The fraction of sp³-hybridized carbons (Fsp3) is 0.351. The molecule has 2 atom stereocenters. The van der Waals surface area contributed by atoms with Crippen LogP contribution in [0, 0.1) is 11.8 Å². The topological polar surface area (TPSA) is 132 Å². The summed E-state index contributed by atoms with van der Waals surface area (Å²) in [5.41, 5.74) is 6.13. The van der Waals surface area contributed by atoms with Gasteiger partial charge in [0.05, 0.1) is 35.0 Å². The van der Waals surface area contributed by atoms with Gasteiger partial charge in [0.1, 0.15) is 23.2 Å². The van der Waals surface area contributed by atoms with E-state index in [2.05, 4.69) is 33.4 Å². The van der Waals surface area contributed by atoms with Crippen molar-refractivity contribution < 1.29 is 19.2 Å². The van der Waals surface area contributed by atoms with Crippen LogP contribution in [0.25, 0.3) is 22.3 Å². The zero-order chi connectivity index (χ0) is 33.1. The van der Waals surface area contributed by atoms with Crippen LogP contribution in [0.15, 0.2) is 60.8 Å². The maximum absolute atomic E-state index is 12.8. The van der Waals surface area contributed by atoms with E-state index >= 15 is 0 Å². The highest BCUT2D eigenvalue weighted by Crippen LogP contribution is 2.35. The van der Waals surface area contributed by atoms with Crippen molar-refractivity contribution in [2.45, 2.75) is 70.9 Å². The molecule has 2 aliphatic rings. The second kappa shape index (κ2) is 13.6. The smallest absolute Gasteiger partial charge is 0.223 e. The molecule has 0 spiro atoms. The van der Waals surface area contributed by atoms with E-state index in [1.165, 1.54) is 13.8 Å². The van der Waals surface area contributed by atoms with Crippen LogP contribution in [-0.2, 0) is 19.2 Å². The molecule has 2 fully saturated rings. The lowest BCUT2D eigenvalue weighted by Crippen LogP contribution is -2.31. The number of Topliss-reactive ketones (excluding diaryl/α,β-unsaturated/α-hetero) is 2. The molecule has 2 aromatic carbocycles. The van der Waals surface area contributed by atoms with Crippen molar-refractivity contribution >= 4 is 34.4 Å². The molecule has 2 amide bonds. The van der Waals surface area contributed by atoms with E-state index in [-0.39, 0.29) is 61.1 Å². The molecule has 47 heavy (non-hydrogen) atoms. The highest BCUT2D eigenvalue weighted by atomic mass is 16.2. The fourth-order valence-electron chi connectivity index (χ4n) is 6.30. The lowest BCUT2D eigenvalue weighted by atomic mass is 10.1. The molecule has 4 heterocycles. The van der Waals surface area contributed by atoms with Crippen molar-refractivity contribution in [3.63, 3.8) is 0 Å². The molecule has 10 heteroatoms. The first kappa shape index (κ1) is 31.7. The van der Waals surface area contributed by atoms with E-state index in [9.17, 15) is 19.2 Å². The SMILES string of the molecule is C=C1C[C@@H](c2nc3ccc(C#Cc4ccc(-c5cnc([C@@H]6CCCN6C(=O)CCC(C)=O)[nH]5)cc4)cc3[nH]2)N(C(=O)CCC(C)=O)C1. The quantitative estimate of drug-likeness (QED) is 0.183. The summed E-state index contributed by atoms with van der Waals surface area (Å²) >= 11 is 0. The molecule has 10 nitrogen and oxygen atoms in total. The summed E-state index contributed by atoms with van der Waals surface area (Å²) in [7, 11) is 0. The maximum atomic E-state index is 12.8. The van der Waals surface area contributed by atoms with E-state index in [4.69, 9.17) is 4.98 Å². The normalized spacial score (nSPS) is 17.6. The van der Waals surface area contributed by atoms with Gasteiger partial charge < -0.3 is 29.4 Å². The molecule has 2 aromatic heterocycles. The Morgan fingerprint density at radius 2 is 1.53 bits per heavy atom. The molecule has 2 aliphatic heterocycles. The number of ketones is 2. The van der Waals surface area contributed by atoms with Gasteiger partial charge in [-0.1, -0.05) is 36.1 Å². The summed E-state index contributed by atoms with van der Waals surface area (Å²) in [6.07, 6.45) is 5.11. The van der Waals surface area contributed by atoms with Crippen LogP contribution in [-0.4, -0.2) is 66.2 Å². The Morgan fingerprint density at radius 3 is 2.26 bits per heavy atom. The average molecular weight is 631 g/mol. The minimum absolute atomic E-state index is 0.00159. The van der Waals surface area contributed by atoms with E-state index in [1.54, 1.807) is 11.1 Å². The van der Waals surface area contributed by atoms with Gasteiger partial charge in [-0.2, -0.15) is 0 Å². The van der Waals surface area contributed by atoms with Crippen LogP contribution in [0.5, 0.6) is 0 Å². The number of hydrogen-bond acceptors (Lipinski definition) is 6. The van der Waals surface area contributed by atoms with Gasteiger partial charge in [0.25, 0.3) is 0 Å². The summed E-state index contributed by atoms with van der Waals surface area (Å²) in [5, 5.41) is 0. The Morgan fingerprint density at radius 1 is 0.851 bits per heavy atom. The van der Waals surface area contributed by atoms with Crippen molar-refractivity contribution in [2.75, 3.05) is 13.1 Å². The molecular formula is C37H38N6O4. The number of nitrogens with one attached hydrogen (secondary N) is 2. The molecule has 6 rings (SSSR count). The number of imidazole rings is 2. The molecule has 4 aromatic rings. The first-order chi connectivity index (χ1) is 22.6. The molecule has 2 saturated heterocycles. The molecule has 0 bridgehead atoms. The Balaban J connectivity index is 1.12. The Kier molecular flexibility index (Phi) is 9.16. The number of carbonyl (C=O) groups is 4. The molecule has 2 N–H and O–H groups in total. The Bertz CT molecular complexity index is 1920. The molecule has 240 valence electrons. The Hall–Kier alpha value is -5.30. The van der Waals surface area contributed by atoms with Crippen molar-refractivity contribution in [1.82, 2.24) is 29.7 Å². The number of rotatable bonds is 9. The van der Waals surface area contributed by atoms with E-state index in [0.29, 0.717) is 25.3 Å². The number of nitrogens with zero attached hydrogens (tertiary/aromatic N) is 4. The van der Waals surface area contributed by atoms with Crippen LogP contribution >= 0.6 is 0 Å². The monoisotopic (exact) mass is 630 g/mol. The number of benzene rings is 2. The largest absolute Gasteiger partial charge is 0.340 e. The zero-order valence-corrected chi connectivity index (χ0v) is 26.8. The molecule has 0 radical (unpaired) electrons. The fourth-order valence-corrected chi connectivity index (χ4v) is 6.30. The summed E-state index contributed by atoms with van der Waals surface area (Å²) in [5.74, 6) is 7.90. The maximum Gasteiger partial charge on any atom is 0.223 e. The lowest BCUT2D eigenvalue weighted by Gasteiger charge is -2.23.